The number of hydrogen-bond acceptors (Lipinski definition) is 8. The molecular formula is C17H19N5O6. The van der Waals surface area contributed by atoms with Crippen molar-refractivity contribution in [2.24, 2.45) is 5.10 Å². The molecule has 148 valence electrons. The molecule has 0 saturated heterocycles. The van der Waals surface area contributed by atoms with Crippen molar-refractivity contribution in [2.45, 2.75) is 26.9 Å². The van der Waals surface area contributed by atoms with Crippen LogP contribution >= 0.6 is 0 Å². The fourth-order valence-corrected chi connectivity index (χ4v) is 2.24. The molecule has 2 aromatic rings. The normalized spacial score (nSPS) is 10.9. The molecule has 0 radical (unpaired) electrons. The number of hydrogen-bond donors (Lipinski definition) is 2. The van der Waals surface area contributed by atoms with E-state index in [2.05, 4.69) is 20.5 Å². The van der Waals surface area contributed by atoms with Crippen molar-refractivity contribution in [3.8, 4) is 11.5 Å². The lowest BCUT2D eigenvalue weighted by molar-refractivity contribution is -0.386. The molecular weight excluding hydrogens is 370 g/mol. The third-order valence-electron chi connectivity index (χ3n) is 3.32. The molecule has 1 heterocycles. The standard InChI is InChI=1S/C17H19N5O6/c1-9(2)28-15-13(22(25)26)6-11(7-14(15)27-4)8-18-21-16(23)12-5-10(3)19-17(24)20-12/h5-9H,1-4H3,(H,21,23)(H,19,20,24)/b18-8+. The number of carbonyl (C=O) groups is 1. The van der Waals surface area contributed by atoms with Gasteiger partial charge in [-0.15, -0.1) is 0 Å². The lowest BCUT2D eigenvalue weighted by Crippen LogP contribution is -2.24. The van der Waals surface area contributed by atoms with Crippen molar-refractivity contribution >= 4 is 17.8 Å². The minimum atomic E-state index is -0.702. The van der Waals surface area contributed by atoms with E-state index in [0.717, 1.165) is 0 Å². The van der Waals surface area contributed by atoms with E-state index in [1.165, 1.54) is 31.5 Å². The number of H-pyrrole nitrogens is 1. The van der Waals surface area contributed by atoms with Crippen LogP contribution in [-0.4, -0.2) is 40.2 Å². The van der Waals surface area contributed by atoms with E-state index >= 15 is 0 Å². The van der Waals surface area contributed by atoms with Crippen LogP contribution in [0.5, 0.6) is 11.5 Å². The fourth-order valence-electron chi connectivity index (χ4n) is 2.24. The molecule has 0 saturated carbocycles. The van der Waals surface area contributed by atoms with Crippen LogP contribution in [0, 0.1) is 17.0 Å². The Labute approximate surface area is 159 Å². The number of aromatic nitrogens is 2. The maximum absolute atomic E-state index is 12.0. The molecule has 0 unspecified atom stereocenters. The summed E-state index contributed by atoms with van der Waals surface area (Å²) in [6.45, 7) is 5.08. The van der Waals surface area contributed by atoms with Gasteiger partial charge in [-0.1, -0.05) is 0 Å². The molecule has 2 rings (SSSR count). The highest BCUT2D eigenvalue weighted by atomic mass is 16.6. The molecule has 0 aliphatic carbocycles. The predicted octanol–water partition coefficient (Wildman–Crippen LogP) is 1.55. The van der Waals surface area contributed by atoms with Crippen molar-refractivity contribution < 1.29 is 19.2 Å². The molecule has 1 aromatic heterocycles. The van der Waals surface area contributed by atoms with Gasteiger partial charge >= 0.3 is 11.4 Å². The number of aryl methyl sites for hydroxylation is 1. The van der Waals surface area contributed by atoms with Crippen LogP contribution < -0.4 is 20.6 Å². The van der Waals surface area contributed by atoms with Gasteiger partial charge in [0.2, 0.25) is 5.75 Å². The van der Waals surface area contributed by atoms with Gasteiger partial charge in [0.15, 0.2) is 5.75 Å². The minimum Gasteiger partial charge on any atom is -0.493 e. The summed E-state index contributed by atoms with van der Waals surface area (Å²) in [5, 5.41) is 15.1. The summed E-state index contributed by atoms with van der Waals surface area (Å²) in [4.78, 5) is 40.1. The molecule has 0 aliphatic heterocycles. The molecule has 28 heavy (non-hydrogen) atoms. The summed E-state index contributed by atoms with van der Waals surface area (Å²) in [7, 11) is 1.36. The van der Waals surface area contributed by atoms with E-state index in [1.54, 1.807) is 20.8 Å². The molecule has 1 amide bonds. The topological polar surface area (TPSA) is 149 Å². The van der Waals surface area contributed by atoms with Crippen LogP contribution in [0.15, 0.2) is 28.1 Å². The van der Waals surface area contributed by atoms with E-state index in [9.17, 15) is 19.7 Å². The van der Waals surface area contributed by atoms with Crippen LogP contribution in [-0.2, 0) is 0 Å². The summed E-state index contributed by atoms with van der Waals surface area (Å²) >= 11 is 0. The minimum absolute atomic E-state index is 0.00636. The third-order valence-corrected chi connectivity index (χ3v) is 3.32. The quantitative estimate of drug-likeness (QED) is 0.414. The van der Waals surface area contributed by atoms with Crippen molar-refractivity contribution in [3.63, 3.8) is 0 Å². The van der Waals surface area contributed by atoms with Crippen LogP contribution in [0.4, 0.5) is 5.69 Å². The number of carbonyl (C=O) groups excluding carboxylic acids is 1. The van der Waals surface area contributed by atoms with E-state index in [1.807, 2.05) is 0 Å². The number of aromatic amines is 1. The highest BCUT2D eigenvalue weighted by molar-refractivity contribution is 5.93. The summed E-state index contributed by atoms with van der Waals surface area (Å²) in [6, 6.07) is 4.11. The average molecular weight is 389 g/mol. The van der Waals surface area contributed by atoms with Crippen LogP contribution in [0.25, 0.3) is 0 Å². The van der Waals surface area contributed by atoms with E-state index < -0.39 is 16.5 Å². The first-order valence-electron chi connectivity index (χ1n) is 8.15. The first-order chi connectivity index (χ1) is 13.2. The van der Waals surface area contributed by atoms with Gasteiger partial charge < -0.3 is 14.5 Å². The van der Waals surface area contributed by atoms with Crippen molar-refractivity contribution in [3.05, 3.63) is 55.7 Å². The summed E-state index contributed by atoms with van der Waals surface area (Å²) in [5.74, 6) is -0.541. The molecule has 0 bridgehead atoms. The second kappa shape index (κ2) is 8.75. The Kier molecular flexibility index (Phi) is 6.42. The number of benzene rings is 1. The summed E-state index contributed by atoms with van der Waals surface area (Å²) in [6.07, 6.45) is 0.906. The number of methoxy groups -OCH3 is 1. The zero-order valence-electron chi connectivity index (χ0n) is 15.7. The monoisotopic (exact) mass is 389 g/mol. The van der Waals surface area contributed by atoms with E-state index in [-0.39, 0.29) is 29.0 Å². The van der Waals surface area contributed by atoms with Crippen LogP contribution in [0.1, 0.15) is 35.6 Å². The molecule has 2 N–H and O–H groups in total. The fraction of sp³-hybridized carbons (Fsp3) is 0.294. The lowest BCUT2D eigenvalue weighted by Gasteiger charge is -2.14. The number of nitrogens with zero attached hydrogens (tertiary/aromatic N) is 3. The zero-order valence-corrected chi connectivity index (χ0v) is 15.7. The predicted molar refractivity (Wildman–Crippen MR) is 100 cm³/mol. The van der Waals surface area contributed by atoms with Gasteiger partial charge in [-0.25, -0.2) is 10.2 Å². The van der Waals surface area contributed by atoms with E-state index in [4.69, 9.17) is 9.47 Å². The average Bonchev–Trinajstić information content (AvgIpc) is 2.60. The third kappa shape index (κ3) is 5.13. The van der Waals surface area contributed by atoms with Crippen molar-refractivity contribution in [1.82, 2.24) is 15.4 Å². The lowest BCUT2D eigenvalue weighted by atomic mass is 10.2. The maximum atomic E-state index is 12.0. The maximum Gasteiger partial charge on any atom is 0.345 e. The van der Waals surface area contributed by atoms with Gasteiger partial charge in [-0.05, 0) is 32.9 Å². The number of amides is 1. The van der Waals surface area contributed by atoms with Gasteiger partial charge in [-0.2, -0.15) is 10.1 Å². The van der Waals surface area contributed by atoms with Crippen LogP contribution in [0.3, 0.4) is 0 Å². The first-order valence-corrected chi connectivity index (χ1v) is 8.15. The molecule has 1 aromatic carbocycles. The molecule has 0 atom stereocenters. The number of ether oxygens (including phenoxy) is 2. The Morgan fingerprint density at radius 1 is 1.39 bits per heavy atom. The number of nitro benzene ring substituents is 1. The molecule has 11 heteroatoms. The Morgan fingerprint density at radius 3 is 2.68 bits per heavy atom. The smallest absolute Gasteiger partial charge is 0.345 e. The van der Waals surface area contributed by atoms with Crippen LogP contribution in [0.2, 0.25) is 0 Å². The number of hydrazone groups is 1. The Bertz CT molecular complexity index is 982. The SMILES string of the molecule is COc1cc(/C=N/NC(=O)c2cc(C)[nH]c(=O)n2)cc([N+](=O)[O-])c1OC(C)C. The summed E-state index contributed by atoms with van der Waals surface area (Å²) < 4.78 is 10.7. The Hall–Kier alpha value is -3.76. The first kappa shape index (κ1) is 20.6. The Balaban J connectivity index is 2.27. The van der Waals surface area contributed by atoms with Gasteiger partial charge in [0, 0.05) is 17.3 Å². The number of nitrogens with one attached hydrogen (secondary N) is 2. The van der Waals surface area contributed by atoms with Crippen molar-refractivity contribution in [2.75, 3.05) is 7.11 Å². The molecule has 0 spiro atoms. The van der Waals surface area contributed by atoms with Gasteiger partial charge in [0.25, 0.3) is 5.91 Å². The van der Waals surface area contributed by atoms with Gasteiger partial charge in [0.1, 0.15) is 5.69 Å². The Morgan fingerprint density at radius 2 is 2.11 bits per heavy atom. The van der Waals surface area contributed by atoms with Crippen molar-refractivity contribution in [1.29, 1.82) is 0 Å². The highest BCUT2D eigenvalue weighted by Gasteiger charge is 2.23. The summed E-state index contributed by atoms with van der Waals surface area (Å²) in [5.41, 5.74) is 1.91. The molecule has 0 aliphatic rings. The molecule has 0 fully saturated rings. The number of nitro groups is 1. The van der Waals surface area contributed by atoms with Gasteiger partial charge in [0.05, 0.1) is 24.4 Å². The largest absolute Gasteiger partial charge is 0.493 e. The van der Waals surface area contributed by atoms with Gasteiger partial charge in [-0.3, -0.25) is 14.9 Å². The second-order valence-corrected chi connectivity index (χ2v) is 5.95. The number of rotatable bonds is 7. The highest BCUT2D eigenvalue weighted by Crippen LogP contribution is 2.38. The second-order valence-electron chi connectivity index (χ2n) is 5.95. The van der Waals surface area contributed by atoms with E-state index in [0.29, 0.717) is 11.3 Å². The zero-order chi connectivity index (χ0) is 20.8. The molecule has 11 nitrogen and oxygen atoms in total.